The van der Waals surface area contributed by atoms with Crippen LogP contribution in [0, 0.1) is 0 Å². The second-order valence-electron chi connectivity index (χ2n) is 4.25. The maximum Gasteiger partial charge on any atom is 0.383 e. The molecule has 0 saturated heterocycles. The Hall–Kier alpha value is -0.630. The van der Waals surface area contributed by atoms with Crippen LogP contribution in [0.15, 0.2) is 30.3 Å². The van der Waals surface area contributed by atoms with Crippen LogP contribution < -0.4 is 0 Å². The highest BCUT2D eigenvalue weighted by molar-refractivity contribution is 7.51. The van der Waals surface area contributed by atoms with Crippen molar-refractivity contribution in [3.8, 4) is 0 Å². The molecule has 0 fully saturated rings. The predicted octanol–water partition coefficient (Wildman–Crippen LogP) is 2.08. The van der Waals surface area contributed by atoms with Gasteiger partial charge in [0.15, 0.2) is 0 Å². The SMILES string of the molecule is C[N+](C)(C)P(=O)(O)Cc1ccccc1. The normalized spacial score (nSPS) is 16.3. The van der Waals surface area contributed by atoms with E-state index in [0.29, 0.717) is 0 Å². The van der Waals surface area contributed by atoms with Crippen molar-refractivity contribution in [3.63, 3.8) is 0 Å². The summed E-state index contributed by atoms with van der Waals surface area (Å²) in [5.74, 6) is 0. The molecule has 1 aromatic carbocycles. The maximum atomic E-state index is 11.9. The summed E-state index contributed by atoms with van der Waals surface area (Å²) < 4.78 is 12.0. The van der Waals surface area contributed by atoms with Crippen molar-refractivity contribution in [2.75, 3.05) is 21.1 Å². The summed E-state index contributed by atoms with van der Waals surface area (Å²) in [4.78, 5) is 9.83. The van der Waals surface area contributed by atoms with E-state index in [2.05, 4.69) is 0 Å². The van der Waals surface area contributed by atoms with Crippen LogP contribution in [0.25, 0.3) is 0 Å². The van der Waals surface area contributed by atoms with Crippen molar-refractivity contribution in [1.82, 2.24) is 0 Å². The number of hydrogen-bond donors (Lipinski definition) is 1. The van der Waals surface area contributed by atoms with Gasteiger partial charge in [0.1, 0.15) is 6.16 Å². The van der Waals surface area contributed by atoms with E-state index in [1.54, 1.807) is 21.1 Å². The van der Waals surface area contributed by atoms with Crippen molar-refractivity contribution < 1.29 is 13.7 Å². The Kier molecular flexibility index (Phi) is 3.15. The molecule has 0 spiro atoms. The van der Waals surface area contributed by atoms with Crippen molar-refractivity contribution >= 4 is 7.52 Å². The quantitative estimate of drug-likeness (QED) is 0.782. The first kappa shape index (κ1) is 11.4. The number of rotatable bonds is 3. The van der Waals surface area contributed by atoms with E-state index in [1.807, 2.05) is 30.3 Å². The first-order valence-electron chi connectivity index (χ1n) is 4.50. The molecule has 0 saturated carbocycles. The second kappa shape index (κ2) is 3.85. The van der Waals surface area contributed by atoms with Crippen molar-refractivity contribution in [2.45, 2.75) is 6.16 Å². The van der Waals surface area contributed by atoms with Gasteiger partial charge in [-0.15, -0.1) is 0 Å². The summed E-state index contributed by atoms with van der Waals surface area (Å²) in [6.45, 7) is 0. The summed E-state index contributed by atoms with van der Waals surface area (Å²) >= 11 is 0. The topological polar surface area (TPSA) is 37.3 Å². The minimum absolute atomic E-state index is 0.0991. The van der Waals surface area contributed by atoms with Crippen LogP contribution in [0.5, 0.6) is 0 Å². The molecule has 0 amide bonds. The van der Waals surface area contributed by atoms with E-state index in [0.717, 1.165) is 5.56 Å². The highest BCUT2D eigenvalue weighted by Crippen LogP contribution is 2.50. The van der Waals surface area contributed by atoms with Gasteiger partial charge in [-0.1, -0.05) is 30.3 Å². The van der Waals surface area contributed by atoms with Gasteiger partial charge in [-0.05, 0) is 5.56 Å². The third-order valence-electron chi connectivity index (χ3n) is 2.17. The van der Waals surface area contributed by atoms with Crippen LogP contribution in [-0.2, 0) is 10.7 Å². The number of benzene rings is 1. The average molecular weight is 214 g/mol. The number of nitrogens with zero attached hydrogens (tertiary/aromatic N) is 1. The third-order valence-corrected chi connectivity index (χ3v) is 4.82. The van der Waals surface area contributed by atoms with E-state index < -0.39 is 7.52 Å². The molecule has 3 nitrogen and oxygen atoms in total. The van der Waals surface area contributed by atoms with E-state index >= 15 is 0 Å². The van der Waals surface area contributed by atoms with Gasteiger partial charge in [-0.2, -0.15) is 0 Å². The zero-order chi connectivity index (χ0) is 10.8. The Bertz CT molecular complexity index is 343. The number of quaternary nitrogens is 1. The van der Waals surface area contributed by atoms with E-state index in [9.17, 15) is 9.46 Å². The summed E-state index contributed by atoms with van der Waals surface area (Å²) in [6.07, 6.45) is 0.233. The lowest BCUT2D eigenvalue weighted by atomic mass is 10.2. The monoisotopic (exact) mass is 214 g/mol. The zero-order valence-corrected chi connectivity index (χ0v) is 9.74. The van der Waals surface area contributed by atoms with Crippen LogP contribution in [-0.4, -0.2) is 30.3 Å². The molecule has 0 heterocycles. The fraction of sp³-hybridized carbons (Fsp3) is 0.400. The summed E-state index contributed by atoms with van der Waals surface area (Å²) in [7, 11) is 2.06. The Morgan fingerprint density at radius 1 is 1.21 bits per heavy atom. The molecule has 1 unspecified atom stereocenters. The van der Waals surface area contributed by atoms with E-state index in [-0.39, 0.29) is 10.4 Å². The first-order valence-corrected chi connectivity index (χ1v) is 6.30. The molecular formula is C10H17NO2P+. The maximum absolute atomic E-state index is 11.9. The van der Waals surface area contributed by atoms with Gasteiger partial charge in [0.2, 0.25) is 0 Å². The third kappa shape index (κ3) is 2.68. The van der Waals surface area contributed by atoms with Crippen molar-refractivity contribution in [1.29, 1.82) is 0 Å². The van der Waals surface area contributed by atoms with Gasteiger partial charge in [0.05, 0.1) is 21.1 Å². The lowest BCUT2D eigenvalue weighted by Gasteiger charge is -2.28. The van der Waals surface area contributed by atoms with Gasteiger partial charge in [-0.25, -0.2) is 4.57 Å². The summed E-state index contributed by atoms with van der Waals surface area (Å²) in [6, 6.07) is 9.41. The first-order chi connectivity index (χ1) is 6.33. The minimum Gasteiger partial charge on any atom is -0.302 e. The largest absolute Gasteiger partial charge is 0.383 e. The van der Waals surface area contributed by atoms with Crippen LogP contribution in [0.1, 0.15) is 5.56 Å². The van der Waals surface area contributed by atoms with Crippen LogP contribution >= 0.6 is 7.52 Å². The summed E-state index contributed by atoms with van der Waals surface area (Å²) in [5, 5.41) is 0. The van der Waals surface area contributed by atoms with Gasteiger partial charge in [0, 0.05) is 0 Å². The van der Waals surface area contributed by atoms with Gasteiger partial charge in [0.25, 0.3) is 0 Å². The molecule has 0 aliphatic rings. The molecule has 1 aromatic rings. The molecule has 0 radical (unpaired) electrons. The average Bonchev–Trinajstić information content (AvgIpc) is 2.03. The van der Waals surface area contributed by atoms with Crippen LogP contribution in [0.3, 0.4) is 0 Å². The predicted molar refractivity (Wildman–Crippen MR) is 58.0 cm³/mol. The molecule has 14 heavy (non-hydrogen) atoms. The Labute approximate surface area is 85.1 Å². The van der Waals surface area contributed by atoms with Crippen molar-refractivity contribution in [2.24, 2.45) is 0 Å². The van der Waals surface area contributed by atoms with Crippen molar-refractivity contribution in [3.05, 3.63) is 35.9 Å². The molecular weight excluding hydrogens is 197 g/mol. The summed E-state index contributed by atoms with van der Waals surface area (Å²) in [5.41, 5.74) is 0.909. The van der Waals surface area contributed by atoms with Gasteiger partial charge >= 0.3 is 7.52 Å². The highest BCUT2D eigenvalue weighted by atomic mass is 31.2. The van der Waals surface area contributed by atoms with Gasteiger partial charge < -0.3 is 4.89 Å². The Morgan fingerprint density at radius 2 is 1.71 bits per heavy atom. The van der Waals surface area contributed by atoms with Crippen LogP contribution in [0.4, 0.5) is 0 Å². The minimum atomic E-state index is -3.16. The Morgan fingerprint density at radius 3 is 2.14 bits per heavy atom. The molecule has 1 atom stereocenters. The Balaban J connectivity index is 2.85. The molecule has 0 bridgehead atoms. The molecule has 1 rings (SSSR count). The highest BCUT2D eigenvalue weighted by Gasteiger charge is 2.34. The lowest BCUT2D eigenvalue weighted by molar-refractivity contribution is -0.752. The molecule has 0 aromatic heterocycles. The van der Waals surface area contributed by atoms with E-state index in [4.69, 9.17) is 0 Å². The van der Waals surface area contributed by atoms with Crippen LogP contribution in [0.2, 0.25) is 0 Å². The molecule has 0 aliphatic heterocycles. The molecule has 4 heteroatoms. The van der Waals surface area contributed by atoms with Gasteiger partial charge in [-0.3, -0.25) is 4.25 Å². The fourth-order valence-electron chi connectivity index (χ4n) is 1.03. The smallest absolute Gasteiger partial charge is 0.302 e. The second-order valence-corrected chi connectivity index (χ2v) is 7.10. The van der Waals surface area contributed by atoms with E-state index in [1.165, 1.54) is 0 Å². The fourth-order valence-corrected chi connectivity index (χ4v) is 2.14. The number of hydrogen-bond acceptors (Lipinski definition) is 1. The molecule has 1 N–H and O–H groups in total. The molecule has 0 aliphatic carbocycles. The molecule has 78 valence electrons. The standard InChI is InChI=1S/C10H16NO2P/c1-11(2,3)14(12,13)9-10-7-5-4-6-8-10/h4-8H,9H2,1-3H3/p+1. The zero-order valence-electron chi connectivity index (χ0n) is 8.84. The lowest BCUT2D eigenvalue weighted by Crippen LogP contribution is -2.30.